The lowest BCUT2D eigenvalue weighted by Gasteiger charge is -2.24. The minimum absolute atomic E-state index is 0.0191. The number of hydrogen-bond acceptors (Lipinski definition) is 5. The molecule has 0 spiro atoms. The molecule has 0 aliphatic carbocycles. The van der Waals surface area contributed by atoms with Crippen molar-refractivity contribution in [2.45, 2.75) is 18.7 Å². The zero-order valence-corrected chi connectivity index (χ0v) is 19.1. The van der Waals surface area contributed by atoms with E-state index >= 15 is 0 Å². The second-order valence-electron chi connectivity index (χ2n) is 7.01. The molecule has 0 radical (unpaired) electrons. The van der Waals surface area contributed by atoms with Gasteiger partial charge in [-0.15, -0.1) is 0 Å². The first-order valence-electron chi connectivity index (χ1n) is 9.65. The summed E-state index contributed by atoms with van der Waals surface area (Å²) < 4.78 is 27.6. The SMILES string of the molecule is C/C(=N/NC(=O)CN(c1ccc(C)c(Cl)c1)S(=O)(=O)c1ccccc1)c1ccccc1O. The fourth-order valence-corrected chi connectivity index (χ4v) is 4.53. The van der Waals surface area contributed by atoms with Gasteiger partial charge in [-0.2, -0.15) is 5.10 Å². The van der Waals surface area contributed by atoms with Gasteiger partial charge in [0.1, 0.15) is 12.3 Å². The summed E-state index contributed by atoms with van der Waals surface area (Å²) in [5.74, 6) is -0.637. The van der Waals surface area contributed by atoms with Crippen molar-refractivity contribution in [2.24, 2.45) is 5.10 Å². The molecule has 3 aromatic carbocycles. The maximum atomic E-state index is 13.3. The number of hydrazone groups is 1. The number of phenolic OH excluding ortho intramolecular Hbond substituents is 1. The first-order valence-corrected chi connectivity index (χ1v) is 11.5. The van der Waals surface area contributed by atoms with Crippen LogP contribution in [0.25, 0.3) is 0 Å². The van der Waals surface area contributed by atoms with Gasteiger partial charge in [-0.1, -0.05) is 48.0 Å². The molecule has 0 aromatic heterocycles. The second kappa shape index (κ2) is 9.84. The molecule has 0 unspecified atom stereocenters. The van der Waals surface area contributed by atoms with Crippen molar-refractivity contribution in [1.82, 2.24) is 5.43 Å². The van der Waals surface area contributed by atoms with E-state index in [-0.39, 0.29) is 16.3 Å². The maximum absolute atomic E-state index is 13.3. The van der Waals surface area contributed by atoms with Crippen LogP contribution in [0.4, 0.5) is 5.69 Å². The molecular formula is C23H22ClN3O4S. The fourth-order valence-electron chi connectivity index (χ4n) is 2.92. The predicted molar refractivity (Wildman–Crippen MR) is 126 cm³/mol. The Hall–Kier alpha value is -3.36. The first kappa shape index (κ1) is 23.3. The molecule has 9 heteroatoms. The van der Waals surface area contributed by atoms with Crippen LogP contribution >= 0.6 is 11.6 Å². The van der Waals surface area contributed by atoms with Crippen molar-refractivity contribution in [3.63, 3.8) is 0 Å². The smallest absolute Gasteiger partial charge is 0.264 e. The van der Waals surface area contributed by atoms with Crippen LogP contribution in [0, 0.1) is 6.92 Å². The number of hydrogen-bond donors (Lipinski definition) is 2. The summed E-state index contributed by atoms with van der Waals surface area (Å²) >= 11 is 6.21. The number of aromatic hydroxyl groups is 1. The molecule has 0 heterocycles. The van der Waals surface area contributed by atoms with Crippen LogP contribution in [0.2, 0.25) is 5.02 Å². The minimum atomic E-state index is -4.05. The minimum Gasteiger partial charge on any atom is -0.507 e. The summed E-state index contributed by atoms with van der Waals surface area (Å²) in [6.45, 7) is 2.90. The van der Waals surface area contributed by atoms with Crippen LogP contribution < -0.4 is 9.73 Å². The van der Waals surface area contributed by atoms with Gasteiger partial charge in [0, 0.05) is 10.6 Å². The van der Waals surface area contributed by atoms with Crippen LogP contribution in [0.15, 0.2) is 82.8 Å². The number of anilines is 1. The third-order valence-electron chi connectivity index (χ3n) is 4.70. The molecule has 2 N–H and O–H groups in total. The molecular weight excluding hydrogens is 450 g/mol. The van der Waals surface area contributed by atoms with E-state index in [0.717, 1.165) is 9.87 Å². The molecule has 0 bridgehead atoms. The van der Waals surface area contributed by atoms with E-state index in [0.29, 0.717) is 16.3 Å². The van der Waals surface area contributed by atoms with E-state index in [9.17, 15) is 18.3 Å². The van der Waals surface area contributed by atoms with Gasteiger partial charge in [0.2, 0.25) is 0 Å². The summed E-state index contributed by atoms with van der Waals surface area (Å²) in [5, 5.41) is 14.3. The van der Waals surface area contributed by atoms with Crippen molar-refractivity contribution in [1.29, 1.82) is 0 Å². The molecule has 7 nitrogen and oxygen atoms in total. The van der Waals surface area contributed by atoms with E-state index in [1.165, 1.54) is 24.3 Å². The van der Waals surface area contributed by atoms with Gasteiger partial charge in [-0.25, -0.2) is 13.8 Å². The molecule has 0 atom stereocenters. The number of phenols is 1. The molecule has 0 aliphatic rings. The van der Waals surface area contributed by atoms with Crippen molar-refractivity contribution in [3.05, 3.63) is 88.9 Å². The molecule has 0 saturated carbocycles. The molecule has 3 aromatic rings. The number of rotatable bonds is 7. The molecule has 0 saturated heterocycles. The van der Waals surface area contributed by atoms with E-state index < -0.39 is 22.5 Å². The largest absolute Gasteiger partial charge is 0.507 e. The molecule has 1 amide bonds. The summed E-state index contributed by atoms with van der Waals surface area (Å²) in [6, 6.07) is 19.2. The van der Waals surface area contributed by atoms with Crippen LogP contribution in [0.5, 0.6) is 5.75 Å². The van der Waals surface area contributed by atoms with E-state index in [2.05, 4.69) is 10.5 Å². The standard InChI is InChI=1S/C23H22ClN3O4S/c1-16-12-13-18(14-21(16)24)27(32(30,31)19-8-4-3-5-9-19)15-23(29)26-25-17(2)20-10-6-7-11-22(20)28/h3-14,28H,15H2,1-2H3,(H,26,29)/b25-17-. The van der Waals surface area contributed by atoms with E-state index in [4.69, 9.17) is 11.6 Å². The Morgan fingerprint density at radius 3 is 2.38 bits per heavy atom. The third-order valence-corrected chi connectivity index (χ3v) is 6.90. The molecule has 3 rings (SSSR count). The number of nitrogens with one attached hydrogen (secondary N) is 1. The Morgan fingerprint density at radius 1 is 1.06 bits per heavy atom. The third kappa shape index (κ3) is 5.27. The number of amides is 1. The van der Waals surface area contributed by atoms with Gasteiger partial charge in [-0.3, -0.25) is 9.10 Å². The van der Waals surface area contributed by atoms with Crippen LogP contribution in [-0.2, 0) is 14.8 Å². The van der Waals surface area contributed by atoms with Crippen molar-refractivity contribution < 1.29 is 18.3 Å². The Kier molecular flexibility index (Phi) is 7.17. The highest BCUT2D eigenvalue weighted by Gasteiger charge is 2.27. The Balaban J connectivity index is 1.90. The summed E-state index contributed by atoms with van der Waals surface area (Å²) in [5.41, 5.74) is 4.20. The van der Waals surface area contributed by atoms with Crippen LogP contribution in [0.1, 0.15) is 18.1 Å². The number of benzene rings is 3. The predicted octanol–water partition coefficient (Wildman–Crippen LogP) is 4.09. The zero-order chi connectivity index (χ0) is 23.3. The molecule has 0 fully saturated rings. The van der Waals surface area contributed by atoms with Gasteiger partial charge in [-0.05, 0) is 55.8 Å². The highest BCUT2D eigenvalue weighted by Crippen LogP contribution is 2.28. The lowest BCUT2D eigenvalue weighted by Crippen LogP contribution is -2.39. The maximum Gasteiger partial charge on any atom is 0.264 e. The van der Waals surface area contributed by atoms with Gasteiger partial charge < -0.3 is 5.11 Å². The number of nitrogens with zero attached hydrogens (tertiary/aromatic N) is 2. The topological polar surface area (TPSA) is 99.1 Å². The lowest BCUT2D eigenvalue weighted by molar-refractivity contribution is -0.119. The van der Waals surface area contributed by atoms with Gasteiger partial charge >= 0.3 is 0 Å². The Bertz CT molecular complexity index is 1260. The van der Waals surface area contributed by atoms with Gasteiger partial charge in [0.25, 0.3) is 15.9 Å². The Morgan fingerprint density at radius 2 is 1.72 bits per heavy atom. The highest BCUT2D eigenvalue weighted by molar-refractivity contribution is 7.92. The van der Waals surface area contributed by atoms with Crippen LogP contribution in [0.3, 0.4) is 0 Å². The average molecular weight is 472 g/mol. The number of aryl methyl sites for hydroxylation is 1. The number of halogens is 1. The quantitative estimate of drug-likeness (QED) is 0.400. The second-order valence-corrected chi connectivity index (χ2v) is 9.28. The number of sulfonamides is 1. The van der Waals surface area contributed by atoms with Crippen molar-refractivity contribution in [2.75, 3.05) is 10.8 Å². The molecule has 166 valence electrons. The lowest BCUT2D eigenvalue weighted by atomic mass is 10.1. The Labute approximate surface area is 192 Å². The summed E-state index contributed by atoms with van der Waals surface area (Å²) in [4.78, 5) is 12.7. The zero-order valence-electron chi connectivity index (χ0n) is 17.5. The molecule has 32 heavy (non-hydrogen) atoms. The van der Waals surface area contributed by atoms with Crippen molar-refractivity contribution in [3.8, 4) is 5.75 Å². The van der Waals surface area contributed by atoms with Crippen LogP contribution in [-0.4, -0.2) is 31.7 Å². The normalized spacial score (nSPS) is 11.8. The highest BCUT2D eigenvalue weighted by atomic mass is 35.5. The molecule has 0 aliphatic heterocycles. The van der Waals surface area contributed by atoms with Crippen molar-refractivity contribution >= 4 is 38.9 Å². The fraction of sp³-hybridized carbons (Fsp3) is 0.130. The monoisotopic (exact) mass is 471 g/mol. The average Bonchev–Trinajstić information content (AvgIpc) is 2.78. The van der Waals surface area contributed by atoms with E-state index in [1.54, 1.807) is 62.4 Å². The first-order chi connectivity index (χ1) is 15.2. The van der Waals surface area contributed by atoms with E-state index in [1.807, 2.05) is 0 Å². The number of carbonyl (C=O) groups excluding carboxylic acids is 1. The van der Waals surface area contributed by atoms with Gasteiger partial charge in [0.05, 0.1) is 16.3 Å². The summed E-state index contributed by atoms with van der Waals surface area (Å²) in [6.07, 6.45) is 0. The van der Waals surface area contributed by atoms with Gasteiger partial charge in [0.15, 0.2) is 0 Å². The number of para-hydroxylation sites is 1. The summed E-state index contributed by atoms with van der Waals surface area (Å²) in [7, 11) is -4.05. The number of carbonyl (C=O) groups is 1.